The molecule has 1 aromatic heterocycles. The lowest BCUT2D eigenvalue weighted by Gasteiger charge is -2.18. The summed E-state index contributed by atoms with van der Waals surface area (Å²) in [7, 11) is 0. The molecule has 22 heavy (non-hydrogen) atoms. The maximum absolute atomic E-state index is 12.0. The van der Waals surface area contributed by atoms with Gasteiger partial charge in [0.15, 0.2) is 0 Å². The summed E-state index contributed by atoms with van der Waals surface area (Å²) in [5.74, 6) is -0.232. The Balaban J connectivity index is 2.00. The molecule has 0 aliphatic heterocycles. The minimum atomic E-state index is -0.232. The molecule has 0 spiro atoms. The van der Waals surface area contributed by atoms with E-state index in [1.54, 1.807) is 0 Å². The Hall–Kier alpha value is -2.49. The van der Waals surface area contributed by atoms with Crippen molar-refractivity contribution in [1.82, 2.24) is 10.4 Å². The molecule has 4 nitrogen and oxygen atoms in total. The van der Waals surface area contributed by atoms with Crippen LogP contribution in [0.1, 0.15) is 48.1 Å². The highest BCUT2D eigenvalue weighted by molar-refractivity contribution is 5.94. The van der Waals surface area contributed by atoms with Crippen molar-refractivity contribution in [2.45, 2.75) is 33.1 Å². The van der Waals surface area contributed by atoms with Crippen LogP contribution in [0.4, 0.5) is 0 Å². The van der Waals surface area contributed by atoms with Gasteiger partial charge in [-0.25, -0.2) is 5.43 Å². The molecule has 0 aliphatic carbocycles. The predicted octanol–water partition coefficient (Wildman–Crippen LogP) is 3.45. The lowest BCUT2D eigenvalue weighted by molar-refractivity contribution is 0.0955. The third-order valence-corrected chi connectivity index (χ3v) is 3.29. The maximum atomic E-state index is 12.0. The summed E-state index contributed by atoms with van der Waals surface area (Å²) in [5, 5.41) is 3.94. The van der Waals surface area contributed by atoms with E-state index in [-0.39, 0.29) is 11.3 Å². The quantitative estimate of drug-likeness (QED) is 0.696. The molecule has 0 unspecified atom stereocenters. The second-order valence-electron chi connectivity index (χ2n) is 6.23. The number of carbonyl (C=O) groups is 1. The lowest BCUT2D eigenvalue weighted by atomic mass is 9.87. The van der Waals surface area contributed by atoms with Crippen LogP contribution >= 0.6 is 0 Å². The molecule has 2 aromatic rings. The summed E-state index contributed by atoms with van der Waals surface area (Å²) in [4.78, 5) is 16.3. The molecule has 1 N–H and O–H groups in total. The smallest absolute Gasteiger partial charge is 0.267 e. The molecule has 0 saturated carbocycles. The van der Waals surface area contributed by atoms with Gasteiger partial charge in [-0.15, -0.1) is 0 Å². The number of hydrogen-bond donors (Lipinski definition) is 1. The average molecular weight is 295 g/mol. The molecule has 0 fully saturated rings. The van der Waals surface area contributed by atoms with Crippen LogP contribution in [0.2, 0.25) is 0 Å². The van der Waals surface area contributed by atoms with Crippen molar-refractivity contribution in [2.75, 3.05) is 0 Å². The number of hydrogen-bond acceptors (Lipinski definition) is 3. The van der Waals surface area contributed by atoms with Gasteiger partial charge in [-0.2, -0.15) is 5.10 Å². The minimum absolute atomic E-state index is 0.0734. The van der Waals surface area contributed by atoms with E-state index in [0.717, 1.165) is 5.69 Å². The molecule has 0 bridgehead atoms. The Morgan fingerprint density at radius 2 is 1.82 bits per heavy atom. The van der Waals surface area contributed by atoms with Crippen LogP contribution in [-0.4, -0.2) is 17.1 Å². The van der Waals surface area contributed by atoms with Crippen molar-refractivity contribution in [1.29, 1.82) is 0 Å². The summed E-state index contributed by atoms with van der Waals surface area (Å²) in [5.41, 5.74) is 5.99. The van der Waals surface area contributed by atoms with Gasteiger partial charge in [0.05, 0.1) is 11.9 Å². The van der Waals surface area contributed by atoms with E-state index in [1.165, 1.54) is 11.8 Å². The number of aryl methyl sites for hydroxylation is 1. The van der Waals surface area contributed by atoms with Crippen LogP contribution in [0.5, 0.6) is 0 Å². The van der Waals surface area contributed by atoms with E-state index >= 15 is 0 Å². The first-order valence-electron chi connectivity index (χ1n) is 7.24. The minimum Gasteiger partial charge on any atom is -0.267 e. The fourth-order valence-corrected chi connectivity index (χ4v) is 1.98. The Kier molecular flexibility index (Phi) is 4.71. The number of benzene rings is 1. The first-order valence-corrected chi connectivity index (χ1v) is 7.24. The Morgan fingerprint density at radius 3 is 2.41 bits per heavy atom. The van der Waals surface area contributed by atoms with Crippen molar-refractivity contribution >= 4 is 12.1 Å². The normalized spacial score (nSPS) is 11.6. The summed E-state index contributed by atoms with van der Waals surface area (Å²) in [6, 6.07) is 13.2. The standard InChI is InChI=1S/C18H21N3O/c1-13-6-5-7-16(20-13)12-19-21-17(22)14-8-10-15(11-9-14)18(2,3)4/h5-12H,1-4H3,(H,21,22)/b19-12-. The van der Waals surface area contributed by atoms with Crippen LogP contribution in [0.3, 0.4) is 0 Å². The van der Waals surface area contributed by atoms with Gasteiger partial charge in [0.2, 0.25) is 0 Å². The van der Waals surface area contributed by atoms with Crippen molar-refractivity contribution < 1.29 is 4.79 Å². The van der Waals surface area contributed by atoms with E-state index in [4.69, 9.17) is 0 Å². The predicted molar refractivity (Wildman–Crippen MR) is 89.2 cm³/mol. The second-order valence-corrected chi connectivity index (χ2v) is 6.23. The molecule has 1 amide bonds. The first kappa shape index (κ1) is 15.9. The summed E-state index contributed by atoms with van der Waals surface area (Å²) < 4.78 is 0. The van der Waals surface area contributed by atoms with Crippen LogP contribution in [0, 0.1) is 6.92 Å². The second kappa shape index (κ2) is 6.52. The van der Waals surface area contributed by atoms with Crippen LogP contribution in [-0.2, 0) is 5.41 Å². The molecule has 0 atom stereocenters. The molecule has 1 heterocycles. The van der Waals surface area contributed by atoms with Gasteiger partial charge >= 0.3 is 0 Å². The van der Waals surface area contributed by atoms with Crippen LogP contribution in [0.25, 0.3) is 0 Å². The van der Waals surface area contributed by atoms with Crippen LogP contribution < -0.4 is 5.43 Å². The third-order valence-electron chi connectivity index (χ3n) is 3.29. The van der Waals surface area contributed by atoms with Crippen molar-refractivity contribution in [3.8, 4) is 0 Å². The number of carbonyl (C=O) groups excluding carboxylic acids is 1. The third kappa shape index (κ3) is 4.25. The number of nitrogens with one attached hydrogen (secondary N) is 1. The van der Waals surface area contributed by atoms with Crippen LogP contribution in [0.15, 0.2) is 47.6 Å². The van der Waals surface area contributed by atoms with Gasteiger partial charge < -0.3 is 0 Å². The highest BCUT2D eigenvalue weighted by Gasteiger charge is 2.14. The van der Waals surface area contributed by atoms with Gasteiger partial charge in [0, 0.05) is 11.3 Å². The maximum Gasteiger partial charge on any atom is 0.271 e. The zero-order valence-corrected chi connectivity index (χ0v) is 13.4. The lowest BCUT2D eigenvalue weighted by Crippen LogP contribution is -2.18. The summed E-state index contributed by atoms with van der Waals surface area (Å²) in [6.45, 7) is 8.33. The van der Waals surface area contributed by atoms with Gasteiger partial charge in [-0.05, 0) is 42.2 Å². The fourth-order valence-electron chi connectivity index (χ4n) is 1.98. The molecule has 0 aliphatic rings. The van der Waals surface area contributed by atoms with Gasteiger partial charge in [0.1, 0.15) is 0 Å². The number of aromatic nitrogens is 1. The molecule has 0 saturated heterocycles. The van der Waals surface area contributed by atoms with Gasteiger partial charge in [0.25, 0.3) is 5.91 Å². The highest BCUT2D eigenvalue weighted by Crippen LogP contribution is 2.22. The SMILES string of the molecule is Cc1cccc(/C=N\NC(=O)c2ccc(C(C)(C)C)cc2)n1. The van der Waals surface area contributed by atoms with Gasteiger partial charge in [-0.1, -0.05) is 39.0 Å². The fraction of sp³-hybridized carbons (Fsp3) is 0.278. The molecule has 4 heteroatoms. The molecule has 1 aromatic carbocycles. The highest BCUT2D eigenvalue weighted by atomic mass is 16.2. The van der Waals surface area contributed by atoms with Crippen molar-refractivity contribution in [3.63, 3.8) is 0 Å². The zero-order valence-electron chi connectivity index (χ0n) is 13.4. The van der Waals surface area contributed by atoms with Crippen molar-refractivity contribution in [2.24, 2.45) is 5.10 Å². The topological polar surface area (TPSA) is 54.4 Å². The molecular formula is C18H21N3O. The monoisotopic (exact) mass is 295 g/mol. The first-order chi connectivity index (χ1) is 10.4. The molecule has 114 valence electrons. The van der Waals surface area contributed by atoms with Gasteiger partial charge in [-0.3, -0.25) is 9.78 Å². The summed E-state index contributed by atoms with van der Waals surface area (Å²) in [6.07, 6.45) is 1.54. The number of nitrogens with zero attached hydrogens (tertiary/aromatic N) is 2. The van der Waals surface area contributed by atoms with E-state index in [0.29, 0.717) is 11.3 Å². The van der Waals surface area contributed by atoms with E-state index in [9.17, 15) is 4.79 Å². The largest absolute Gasteiger partial charge is 0.271 e. The number of hydrazone groups is 1. The molecular weight excluding hydrogens is 274 g/mol. The molecule has 2 rings (SSSR count). The number of rotatable bonds is 3. The van der Waals surface area contributed by atoms with E-state index in [1.807, 2.05) is 49.4 Å². The number of pyridine rings is 1. The number of amides is 1. The van der Waals surface area contributed by atoms with E-state index in [2.05, 4.69) is 36.3 Å². The summed E-state index contributed by atoms with van der Waals surface area (Å²) >= 11 is 0. The Morgan fingerprint density at radius 1 is 1.14 bits per heavy atom. The Labute approximate surface area is 131 Å². The van der Waals surface area contributed by atoms with E-state index < -0.39 is 0 Å². The van der Waals surface area contributed by atoms with Crippen molar-refractivity contribution in [3.05, 3.63) is 65.0 Å². The average Bonchev–Trinajstić information content (AvgIpc) is 2.46. The Bertz CT molecular complexity index is 682. The molecule has 0 radical (unpaired) electrons. The zero-order chi connectivity index (χ0) is 16.2.